The molecule has 0 radical (unpaired) electrons. The lowest BCUT2D eigenvalue weighted by Crippen LogP contribution is -2.05. The number of nitrogens with zero attached hydrogens (tertiary/aromatic N) is 1. The Balaban J connectivity index is 2.41. The van der Waals surface area contributed by atoms with Gasteiger partial charge in [0, 0.05) is 13.2 Å². The highest BCUT2D eigenvalue weighted by Gasteiger charge is 2.13. The van der Waals surface area contributed by atoms with Crippen LogP contribution in [0.25, 0.3) is 0 Å². The number of rotatable bonds is 2. The average Bonchev–Trinajstić information content (AvgIpc) is 2.62. The molecule has 0 saturated heterocycles. The zero-order chi connectivity index (χ0) is 11.7. The van der Waals surface area contributed by atoms with E-state index in [-0.39, 0.29) is 0 Å². The van der Waals surface area contributed by atoms with E-state index in [1.807, 2.05) is 55.9 Å². The molecule has 0 unspecified atom stereocenters. The highest BCUT2D eigenvalue weighted by atomic mass is 16.3. The summed E-state index contributed by atoms with van der Waals surface area (Å²) < 4.78 is 1.95. The number of aliphatic hydroxyl groups excluding tert-OH is 1. The zero-order valence-electron chi connectivity index (χ0n) is 9.94. The van der Waals surface area contributed by atoms with Crippen LogP contribution in [-0.4, -0.2) is 9.67 Å². The van der Waals surface area contributed by atoms with Crippen molar-refractivity contribution in [3.05, 3.63) is 58.9 Å². The first-order valence-electron chi connectivity index (χ1n) is 5.45. The Morgan fingerprint density at radius 3 is 2.25 bits per heavy atom. The smallest absolute Gasteiger partial charge is 0.119 e. The van der Waals surface area contributed by atoms with Crippen molar-refractivity contribution in [3.63, 3.8) is 0 Å². The summed E-state index contributed by atoms with van der Waals surface area (Å²) in [6.07, 6.45) is 1.40. The molecule has 0 saturated carbocycles. The first kappa shape index (κ1) is 11.0. The molecular weight excluding hydrogens is 198 g/mol. The molecule has 0 bridgehead atoms. The molecule has 2 nitrogen and oxygen atoms in total. The zero-order valence-corrected chi connectivity index (χ0v) is 9.94. The molecule has 0 aliphatic carbocycles. The lowest BCUT2D eigenvalue weighted by Gasteiger charge is -2.14. The summed E-state index contributed by atoms with van der Waals surface area (Å²) in [6, 6.07) is 10.1. The average molecular weight is 215 g/mol. The third-order valence-corrected chi connectivity index (χ3v) is 2.82. The van der Waals surface area contributed by atoms with Crippen molar-refractivity contribution in [2.75, 3.05) is 0 Å². The topological polar surface area (TPSA) is 25.2 Å². The molecule has 2 aromatic rings. The minimum Gasteiger partial charge on any atom is -0.382 e. The minimum absolute atomic E-state index is 0.543. The van der Waals surface area contributed by atoms with Crippen LogP contribution in [-0.2, 0) is 7.05 Å². The van der Waals surface area contributed by atoms with Crippen LogP contribution in [0.15, 0.2) is 36.5 Å². The fourth-order valence-electron chi connectivity index (χ4n) is 2.10. The van der Waals surface area contributed by atoms with Gasteiger partial charge in [-0.05, 0) is 31.5 Å². The Morgan fingerprint density at radius 2 is 1.75 bits per heavy atom. The van der Waals surface area contributed by atoms with Gasteiger partial charge in [-0.15, -0.1) is 0 Å². The van der Waals surface area contributed by atoms with Crippen LogP contribution >= 0.6 is 0 Å². The molecule has 1 atom stereocenters. The highest BCUT2D eigenvalue weighted by Crippen LogP contribution is 2.23. The van der Waals surface area contributed by atoms with Crippen molar-refractivity contribution in [1.82, 2.24) is 4.57 Å². The molecule has 2 rings (SSSR count). The van der Waals surface area contributed by atoms with Gasteiger partial charge < -0.3 is 9.67 Å². The van der Waals surface area contributed by atoms with E-state index in [0.29, 0.717) is 0 Å². The standard InChI is InChI=1S/C14H17NO/c1-10-7-11(2)9-12(8-10)14(16)13-5-4-6-15(13)3/h4-9,14,16H,1-3H3/t14-/m1/s1. The molecule has 1 heterocycles. The highest BCUT2D eigenvalue weighted by molar-refractivity contribution is 5.33. The lowest BCUT2D eigenvalue weighted by molar-refractivity contribution is 0.211. The van der Waals surface area contributed by atoms with Gasteiger partial charge in [0.05, 0.1) is 5.69 Å². The molecule has 1 aromatic carbocycles. The second kappa shape index (κ2) is 4.14. The Labute approximate surface area is 96.2 Å². The van der Waals surface area contributed by atoms with Gasteiger partial charge in [-0.1, -0.05) is 29.3 Å². The number of benzene rings is 1. The maximum absolute atomic E-state index is 10.3. The predicted molar refractivity (Wildman–Crippen MR) is 65.4 cm³/mol. The van der Waals surface area contributed by atoms with Gasteiger partial charge in [0.2, 0.25) is 0 Å². The molecular formula is C14H17NO. The van der Waals surface area contributed by atoms with Crippen molar-refractivity contribution in [2.45, 2.75) is 20.0 Å². The molecule has 84 valence electrons. The quantitative estimate of drug-likeness (QED) is 0.818. The maximum Gasteiger partial charge on any atom is 0.119 e. The third kappa shape index (κ3) is 2.02. The van der Waals surface area contributed by atoms with Crippen LogP contribution in [0.3, 0.4) is 0 Å². The number of hydrogen-bond donors (Lipinski definition) is 1. The Hall–Kier alpha value is -1.54. The van der Waals surface area contributed by atoms with E-state index in [0.717, 1.165) is 11.3 Å². The molecule has 1 N–H and O–H groups in total. The van der Waals surface area contributed by atoms with Crippen molar-refractivity contribution in [1.29, 1.82) is 0 Å². The van der Waals surface area contributed by atoms with Crippen LogP contribution in [0.2, 0.25) is 0 Å². The SMILES string of the molecule is Cc1cc(C)cc([C@@H](O)c2cccn2C)c1. The fourth-order valence-corrected chi connectivity index (χ4v) is 2.10. The van der Waals surface area contributed by atoms with Gasteiger partial charge in [0.15, 0.2) is 0 Å². The van der Waals surface area contributed by atoms with E-state index in [2.05, 4.69) is 6.07 Å². The van der Waals surface area contributed by atoms with Gasteiger partial charge in [0.1, 0.15) is 6.10 Å². The van der Waals surface area contributed by atoms with E-state index in [1.54, 1.807) is 0 Å². The Morgan fingerprint density at radius 1 is 1.12 bits per heavy atom. The first-order chi connectivity index (χ1) is 7.58. The summed E-state index contributed by atoms with van der Waals surface area (Å²) in [4.78, 5) is 0. The van der Waals surface area contributed by atoms with Crippen molar-refractivity contribution in [2.24, 2.45) is 7.05 Å². The molecule has 1 aromatic heterocycles. The van der Waals surface area contributed by atoms with Gasteiger partial charge in [-0.25, -0.2) is 0 Å². The summed E-state index contributed by atoms with van der Waals surface area (Å²) in [5.41, 5.74) is 4.25. The monoisotopic (exact) mass is 215 g/mol. The van der Waals surface area contributed by atoms with Gasteiger partial charge in [-0.3, -0.25) is 0 Å². The molecule has 0 amide bonds. The van der Waals surface area contributed by atoms with E-state index >= 15 is 0 Å². The fraction of sp³-hybridized carbons (Fsp3) is 0.286. The third-order valence-electron chi connectivity index (χ3n) is 2.82. The number of aromatic nitrogens is 1. The van der Waals surface area contributed by atoms with Crippen LogP contribution in [0.1, 0.15) is 28.5 Å². The second-order valence-corrected chi connectivity index (χ2v) is 4.37. The van der Waals surface area contributed by atoms with Crippen molar-refractivity contribution >= 4 is 0 Å². The largest absolute Gasteiger partial charge is 0.382 e. The summed E-state index contributed by atoms with van der Waals surface area (Å²) in [5, 5.41) is 10.3. The molecule has 0 fully saturated rings. The van der Waals surface area contributed by atoms with E-state index in [1.165, 1.54) is 11.1 Å². The maximum atomic E-state index is 10.3. The molecule has 0 spiro atoms. The van der Waals surface area contributed by atoms with E-state index in [9.17, 15) is 5.11 Å². The van der Waals surface area contributed by atoms with Crippen LogP contribution in [0.5, 0.6) is 0 Å². The lowest BCUT2D eigenvalue weighted by atomic mass is 10.0. The molecule has 16 heavy (non-hydrogen) atoms. The van der Waals surface area contributed by atoms with Gasteiger partial charge >= 0.3 is 0 Å². The molecule has 0 aliphatic rings. The summed E-state index contributed by atoms with van der Waals surface area (Å²) in [7, 11) is 1.95. The van der Waals surface area contributed by atoms with Crippen LogP contribution in [0, 0.1) is 13.8 Å². The van der Waals surface area contributed by atoms with Gasteiger partial charge in [0.25, 0.3) is 0 Å². The number of aliphatic hydroxyl groups is 1. The normalized spacial score (nSPS) is 12.8. The molecule has 2 heteroatoms. The summed E-state index contributed by atoms with van der Waals surface area (Å²) >= 11 is 0. The van der Waals surface area contributed by atoms with Crippen molar-refractivity contribution in [3.8, 4) is 0 Å². The predicted octanol–water partition coefficient (Wildman–Crippen LogP) is 2.72. The van der Waals surface area contributed by atoms with Crippen molar-refractivity contribution < 1.29 is 5.11 Å². The van der Waals surface area contributed by atoms with E-state index < -0.39 is 6.10 Å². The Kier molecular flexibility index (Phi) is 2.84. The van der Waals surface area contributed by atoms with Crippen LogP contribution < -0.4 is 0 Å². The minimum atomic E-state index is -0.543. The number of aryl methyl sites for hydroxylation is 3. The van der Waals surface area contributed by atoms with E-state index in [4.69, 9.17) is 0 Å². The Bertz CT molecular complexity index is 479. The summed E-state index contributed by atoms with van der Waals surface area (Å²) in [5.74, 6) is 0. The molecule has 0 aliphatic heterocycles. The van der Waals surface area contributed by atoms with Gasteiger partial charge in [-0.2, -0.15) is 0 Å². The second-order valence-electron chi connectivity index (χ2n) is 4.37. The first-order valence-corrected chi connectivity index (χ1v) is 5.45. The number of hydrogen-bond acceptors (Lipinski definition) is 1. The summed E-state index contributed by atoms with van der Waals surface area (Å²) in [6.45, 7) is 4.10. The van der Waals surface area contributed by atoms with Crippen LogP contribution in [0.4, 0.5) is 0 Å².